The number of rotatable bonds is 6. The Bertz CT molecular complexity index is 478. The Hall–Kier alpha value is -1.19. The van der Waals surface area contributed by atoms with E-state index in [-0.39, 0.29) is 5.82 Å². The van der Waals surface area contributed by atoms with Crippen molar-refractivity contribution in [2.24, 2.45) is 0 Å². The lowest BCUT2D eigenvalue weighted by atomic mass is 10.1. The van der Waals surface area contributed by atoms with E-state index in [0.717, 1.165) is 12.8 Å². The van der Waals surface area contributed by atoms with Gasteiger partial charge in [-0.2, -0.15) is 0 Å². The van der Waals surface area contributed by atoms with Gasteiger partial charge in [-0.1, -0.05) is 25.1 Å². The lowest BCUT2D eigenvalue weighted by Crippen LogP contribution is -2.31. The van der Waals surface area contributed by atoms with Crippen molar-refractivity contribution < 1.29 is 4.39 Å². The molecule has 0 saturated heterocycles. The number of hydrogen-bond donors (Lipinski definition) is 1. The molecule has 2 atom stereocenters. The Morgan fingerprint density at radius 1 is 1.21 bits per heavy atom. The van der Waals surface area contributed by atoms with Gasteiger partial charge >= 0.3 is 0 Å². The van der Waals surface area contributed by atoms with Gasteiger partial charge in [0, 0.05) is 17.0 Å². The zero-order valence-corrected chi connectivity index (χ0v) is 12.2. The summed E-state index contributed by atoms with van der Waals surface area (Å²) in [6.07, 6.45) is 2.00. The standard InChI is InChI=1S/C16H20FNS/c1-3-15(16-5-4-10-19-16)18-12(2)11-13-6-8-14(17)9-7-13/h4-10,12,15,18H,3,11H2,1-2H3. The second-order valence-electron chi connectivity index (χ2n) is 4.87. The minimum atomic E-state index is -0.172. The van der Waals surface area contributed by atoms with Crippen LogP contribution < -0.4 is 5.32 Å². The Labute approximate surface area is 118 Å². The molecule has 0 spiro atoms. The van der Waals surface area contributed by atoms with Gasteiger partial charge in [-0.05, 0) is 48.9 Å². The topological polar surface area (TPSA) is 12.0 Å². The van der Waals surface area contributed by atoms with Crippen molar-refractivity contribution in [3.63, 3.8) is 0 Å². The van der Waals surface area contributed by atoms with E-state index in [0.29, 0.717) is 12.1 Å². The van der Waals surface area contributed by atoms with E-state index in [2.05, 4.69) is 36.7 Å². The monoisotopic (exact) mass is 277 g/mol. The number of nitrogens with one attached hydrogen (secondary N) is 1. The third-order valence-corrected chi connectivity index (χ3v) is 4.22. The normalized spacial score (nSPS) is 14.3. The van der Waals surface area contributed by atoms with Gasteiger partial charge < -0.3 is 5.32 Å². The Morgan fingerprint density at radius 2 is 1.95 bits per heavy atom. The molecule has 2 aromatic rings. The van der Waals surface area contributed by atoms with Crippen LogP contribution in [0.2, 0.25) is 0 Å². The quantitative estimate of drug-likeness (QED) is 0.816. The first-order chi connectivity index (χ1) is 9.19. The maximum absolute atomic E-state index is 12.9. The summed E-state index contributed by atoms with van der Waals surface area (Å²) in [5.41, 5.74) is 1.17. The highest BCUT2D eigenvalue weighted by molar-refractivity contribution is 7.10. The molecule has 1 N–H and O–H groups in total. The van der Waals surface area contributed by atoms with Crippen molar-refractivity contribution in [3.8, 4) is 0 Å². The van der Waals surface area contributed by atoms with E-state index in [9.17, 15) is 4.39 Å². The molecule has 3 heteroatoms. The zero-order valence-electron chi connectivity index (χ0n) is 11.4. The molecule has 1 nitrogen and oxygen atoms in total. The number of thiophene rings is 1. The maximum atomic E-state index is 12.9. The first-order valence-electron chi connectivity index (χ1n) is 6.73. The summed E-state index contributed by atoms with van der Waals surface area (Å²) in [5.74, 6) is -0.172. The van der Waals surface area contributed by atoms with Crippen LogP contribution in [0.15, 0.2) is 41.8 Å². The fourth-order valence-electron chi connectivity index (χ4n) is 2.27. The van der Waals surface area contributed by atoms with Crippen molar-refractivity contribution in [2.75, 3.05) is 0 Å². The maximum Gasteiger partial charge on any atom is 0.123 e. The zero-order chi connectivity index (χ0) is 13.7. The minimum absolute atomic E-state index is 0.172. The average molecular weight is 277 g/mol. The van der Waals surface area contributed by atoms with E-state index >= 15 is 0 Å². The highest BCUT2D eigenvalue weighted by Crippen LogP contribution is 2.22. The summed E-state index contributed by atoms with van der Waals surface area (Å²) in [6, 6.07) is 11.8. The van der Waals surface area contributed by atoms with Gasteiger partial charge in [0.25, 0.3) is 0 Å². The summed E-state index contributed by atoms with van der Waals surface area (Å²) >= 11 is 1.79. The van der Waals surface area contributed by atoms with Crippen LogP contribution in [0.3, 0.4) is 0 Å². The van der Waals surface area contributed by atoms with Crippen LogP contribution in [0.5, 0.6) is 0 Å². The first kappa shape index (κ1) is 14.2. The van der Waals surface area contributed by atoms with Crippen molar-refractivity contribution in [1.29, 1.82) is 0 Å². The summed E-state index contributed by atoms with van der Waals surface area (Å²) in [7, 11) is 0. The van der Waals surface area contributed by atoms with Gasteiger partial charge in [0.05, 0.1) is 0 Å². The Balaban J connectivity index is 1.93. The van der Waals surface area contributed by atoms with E-state index in [1.165, 1.54) is 22.6 Å². The molecular formula is C16H20FNS. The second kappa shape index (κ2) is 6.83. The molecule has 19 heavy (non-hydrogen) atoms. The fourth-order valence-corrected chi connectivity index (χ4v) is 3.14. The molecule has 2 rings (SSSR count). The molecule has 1 aromatic heterocycles. The lowest BCUT2D eigenvalue weighted by Gasteiger charge is -2.21. The third-order valence-electron chi connectivity index (χ3n) is 3.24. The van der Waals surface area contributed by atoms with Crippen molar-refractivity contribution in [3.05, 3.63) is 58.0 Å². The number of benzene rings is 1. The van der Waals surface area contributed by atoms with Gasteiger partial charge in [-0.25, -0.2) is 4.39 Å². The molecule has 0 aliphatic carbocycles. The molecule has 1 aromatic carbocycles. The Morgan fingerprint density at radius 3 is 2.53 bits per heavy atom. The first-order valence-corrected chi connectivity index (χ1v) is 7.61. The van der Waals surface area contributed by atoms with Crippen LogP contribution in [0, 0.1) is 5.82 Å². The van der Waals surface area contributed by atoms with E-state index in [1.807, 2.05) is 12.1 Å². The van der Waals surface area contributed by atoms with Crippen molar-refractivity contribution in [1.82, 2.24) is 5.32 Å². The summed E-state index contributed by atoms with van der Waals surface area (Å²) < 4.78 is 12.9. The number of halogens is 1. The molecule has 1 heterocycles. The second-order valence-corrected chi connectivity index (χ2v) is 5.85. The van der Waals surface area contributed by atoms with Gasteiger partial charge in [-0.3, -0.25) is 0 Å². The van der Waals surface area contributed by atoms with Crippen molar-refractivity contribution in [2.45, 2.75) is 38.8 Å². The van der Waals surface area contributed by atoms with Crippen molar-refractivity contribution >= 4 is 11.3 Å². The van der Waals surface area contributed by atoms with Crippen LogP contribution in [0.1, 0.15) is 36.8 Å². The minimum Gasteiger partial charge on any atom is -0.306 e. The molecule has 0 saturated carbocycles. The molecule has 0 aliphatic rings. The predicted molar refractivity (Wildman–Crippen MR) is 80.1 cm³/mol. The van der Waals surface area contributed by atoms with Crippen LogP contribution in [0.4, 0.5) is 4.39 Å². The summed E-state index contributed by atoms with van der Waals surface area (Å²) in [6.45, 7) is 4.38. The van der Waals surface area contributed by atoms with Crippen LogP contribution >= 0.6 is 11.3 Å². The molecule has 0 fully saturated rings. The number of hydrogen-bond acceptors (Lipinski definition) is 2. The van der Waals surface area contributed by atoms with E-state index < -0.39 is 0 Å². The summed E-state index contributed by atoms with van der Waals surface area (Å²) in [4.78, 5) is 1.38. The highest BCUT2D eigenvalue weighted by Gasteiger charge is 2.13. The summed E-state index contributed by atoms with van der Waals surface area (Å²) in [5, 5.41) is 5.76. The highest BCUT2D eigenvalue weighted by atomic mass is 32.1. The van der Waals surface area contributed by atoms with Crippen LogP contribution in [-0.2, 0) is 6.42 Å². The van der Waals surface area contributed by atoms with Gasteiger partial charge in [0.1, 0.15) is 5.82 Å². The molecular weight excluding hydrogens is 257 g/mol. The largest absolute Gasteiger partial charge is 0.306 e. The van der Waals surface area contributed by atoms with Crippen LogP contribution in [-0.4, -0.2) is 6.04 Å². The van der Waals surface area contributed by atoms with E-state index in [1.54, 1.807) is 11.3 Å². The molecule has 2 unspecified atom stereocenters. The lowest BCUT2D eigenvalue weighted by molar-refractivity contribution is 0.448. The molecule has 0 aliphatic heterocycles. The molecule has 0 amide bonds. The Kier molecular flexibility index (Phi) is 5.11. The SMILES string of the molecule is CCC(NC(C)Cc1ccc(F)cc1)c1cccs1. The average Bonchev–Trinajstić information content (AvgIpc) is 2.92. The molecule has 102 valence electrons. The smallest absolute Gasteiger partial charge is 0.123 e. The van der Waals surface area contributed by atoms with Gasteiger partial charge in [-0.15, -0.1) is 11.3 Å². The molecule has 0 radical (unpaired) electrons. The van der Waals surface area contributed by atoms with Gasteiger partial charge in [0.15, 0.2) is 0 Å². The van der Waals surface area contributed by atoms with Crippen LogP contribution in [0.25, 0.3) is 0 Å². The van der Waals surface area contributed by atoms with Gasteiger partial charge in [0.2, 0.25) is 0 Å². The predicted octanol–water partition coefficient (Wildman–Crippen LogP) is 4.56. The fraction of sp³-hybridized carbons (Fsp3) is 0.375. The third kappa shape index (κ3) is 4.15. The molecule has 0 bridgehead atoms. The van der Waals surface area contributed by atoms with E-state index in [4.69, 9.17) is 0 Å².